The maximum atomic E-state index is 12.3. The Labute approximate surface area is 131 Å². The largest absolute Gasteiger partial charge is 0.346 e. The summed E-state index contributed by atoms with van der Waals surface area (Å²) < 4.78 is 2.88. The second-order valence-corrected chi connectivity index (χ2v) is 6.45. The Balaban J connectivity index is 1.60. The van der Waals surface area contributed by atoms with Gasteiger partial charge in [0.15, 0.2) is 5.82 Å². The fourth-order valence-electron chi connectivity index (χ4n) is 2.63. The van der Waals surface area contributed by atoms with Gasteiger partial charge in [-0.2, -0.15) is 0 Å². The van der Waals surface area contributed by atoms with Gasteiger partial charge in [-0.25, -0.2) is 0 Å². The molecule has 0 unspecified atom stereocenters. The molecule has 2 aromatic rings. The van der Waals surface area contributed by atoms with Gasteiger partial charge in [-0.05, 0) is 37.0 Å². The highest BCUT2D eigenvalue weighted by atomic mass is 79.9. The van der Waals surface area contributed by atoms with Crippen molar-refractivity contribution in [2.24, 2.45) is 13.0 Å². The number of aromatic nitrogens is 3. The van der Waals surface area contributed by atoms with Crippen molar-refractivity contribution < 1.29 is 4.79 Å². The minimum atomic E-state index is -0.129. The van der Waals surface area contributed by atoms with Crippen LogP contribution in [0.5, 0.6) is 0 Å². The van der Waals surface area contributed by atoms with E-state index >= 15 is 0 Å². The van der Waals surface area contributed by atoms with Gasteiger partial charge in [0, 0.05) is 17.4 Å². The van der Waals surface area contributed by atoms with E-state index in [4.69, 9.17) is 0 Å². The molecule has 3 atom stereocenters. The molecule has 5 nitrogen and oxygen atoms in total. The summed E-state index contributed by atoms with van der Waals surface area (Å²) in [6, 6.07) is 8.06. The van der Waals surface area contributed by atoms with E-state index in [1.165, 1.54) is 5.56 Å². The first-order valence-electron chi connectivity index (χ1n) is 6.96. The molecule has 1 saturated carbocycles. The first kappa shape index (κ1) is 14.3. The number of carbonyl (C=O) groups excluding carboxylic acids is 1. The van der Waals surface area contributed by atoms with Gasteiger partial charge in [-0.1, -0.05) is 28.1 Å². The second kappa shape index (κ2) is 5.60. The molecular formula is C15H17BrN4O. The SMILES string of the molecule is C[C@H](NC(=O)[C@H]1C[C@H]1c1ccc(Br)cc1)c1nncn1C. The Morgan fingerprint density at radius 3 is 2.76 bits per heavy atom. The highest BCUT2D eigenvalue weighted by molar-refractivity contribution is 9.10. The lowest BCUT2D eigenvalue weighted by Crippen LogP contribution is -2.30. The average Bonchev–Trinajstić information content (AvgIpc) is 3.14. The van der Waals surface area contributed by atoms with Crippen LogP contribution in [0.4, 0.5) is 0 Å². The van der Waals surface area contributed by atoms with Crippen LogP contribution >= 0.6 is 15.9 Å². The Morgan fingerprint density at radius 2 is 2.14 bits per heavy atom. The molecule has 0 aliphatic heterocycles. The van der Waals surface area contributed by atoms with Crippen LogP contribution in [-0.2, 0) is 11.8 Å². The number of hydrogen-bond acceptors (Lipinski definition) is 3. The van der Waals surface area contributed by atoms with E-state index in [9.17, 15) is 4.79 Å². The summed E-state index contributed by atoms with van der Waals surface area (Å²) >= 11 is 3.43. The van der Waals surface area contributed by atoms with Crippen LogP contribution in [0.25, 0.3) is 0 Å². The smallest absolute Gasteiger partial charge is 0.224 e. The molecule has 6 heteroatoms. The van der Waals surface area contributed by atoms with Crippen molar-refractivity contribution in [1.82, 2.24) is 20.1 Å². The molecule has 0 spiro atoms. The third-order valence-electron chi connectivity index (χ3n) is 3.92. The number of halogens is 1. The Hall–Kier alpha value is -1.69. The van der Waals surface area contributed by atoms with Crippen molar-refractivity contribution >= 4 is 21.8 Å². The van der Waals surface area contributed by atoms with Crippen molar-refractivity contribution in [2.75, 3.05) is 0 Å². The van der Waals surface area contributed by atoms with E-state index in [1.807, 2.05) is 30.7 Å². The fourth-order valence-corrected chi connectivity index (χ4v) is 2.90. The van der Waals surface area contributed by atoms with Crippen LogP contribution in [0.1, 0.15) is 36.7 Å². The molecule has 1 N–H and O–H groups in total. The number of nitrogens with zero attached hydrogens (tertiary/aromatic N) is 3. The summed E-state index contributed by atoms with van der Waals surface area (Å²) in [5.74, 6) is 1.27. The summed E-state index contributed by atoms with van der Waals surface area (Å²) in [5.41, 5.74) is 1.23. The predicted octanol–water partition coefficient (Wildman–Crippen LogP) is 2.56. The number of aryl methyl sites for hydroxylation is 1. The van der Waals surface area contributed by atoms with Crippen LogP contribution in [0, 0.1) is 5.92 Å². The number of nitrogens with one attached hydrogen (secondary N) is 1. The first-order valence-corrected chi connectivity index (χ1v) is 7.75. The third kappa shape index (κ3) is 3.00. The van der Waals surface area contributed by atoms with Gasteiger partial charge >= 0.3 is 0 Å². The number of hydrogen-bond donors (Lipinski definition) is 1. The van der Waals surface area contributed by atoms with Gasteiger partial charge in [0.25, 0.3) is 0 Å². The predicted molar refractivity (Wildman–Crippen MR) is 82.6 cm³/mol. The summed E-state index contributed by atoms with van der Waals surface area (Å²) in [6.07, 6.45) is 2.55. The van der Waals surface area contributed by atoms with E-state index < -0.39 is 0 Å². The maximum absolute atomic E-state index is 12.3. The minimum absolute atomic E-state index is 0.0712. The highest BCUT2D eigenvalue weighted by Crippen LogP contribution is 2.47. The van der Waals surface area contributed by atoms with E-state index in [1.54, 1.807) is 6.33 Å². The Kier molecular flexibility index (Phi) is 3.80. The quantitative estimate of drug-likeness (QED) is 0.923. The number of rotatable bonds is 4. The zero-order chi connectivity index (χ0) is 15.0. The lowest BCUT2D eigenvalue weighted by atomic mass is 10.1. The molecule has 0 saturated heterocycles. The second-order valence-electron chi connectivity index (χ2n) is 5.53. The zero-order valence-electron chi connectivity index (χ0n) is 12.0. The monoisotopic (exact) mass is 348 g/mol. The molecule has 1 heterocycles. The molecule has 1 aliphatic rings. The average molecular weight is 349 g/mol. The van der Waals surface area contributed by atoms with E-state index in [-0.39, 0.29) is 17.9 Å². The minimum Gasteiger partial charge on any atom is -0.346 e. The van der Waals surface area contributed by atoms with Crippen LogP contribution in [0.15, 0.2) is 35.1 Å². The van der Waals surface area contributed by atoms with Crippen molar-refractivity contribution in [3.05, 3.63) is 46.5 Å². The van der Waals surface area contributed by atoms with Crippen LogP contribution in [-0.4, -0.2) is 20.7 Å². The lowest BCUT2D eigenvalue weighted by molar-refractivity contribution is -0.123. The van der Waals surface area contributed by atoms with Crippen LogP contribution in [0.2, 0.25) is 0 Å². The van der Waals surface area contributed by atoms with E-state index in [0.29, 0.717) is 5.92 Å². The summed E-state index contributed by atoms with van der Waals surface area (Å²) in [5, 5.41) is 10.9. The van der Waals surface area contributed by atoms with Crippen LogP contribution < -0.4 is 5.32 Å². The summed E-state index contributed by atoms with van der Waals surface area (Å²) in [7, 11) is 1.87. The van der Waals surface area contributed by atoms with Gasteiger partial charge in [-0.3, -0.25) is 4.79 Å². The van der Waals surface area contributed by atoms with E-state index in [2.05, 4.69) is 43.6 Å². The number of carbonyl (C=O) groups is 1. The zero-order valence-corrected chi connectivity index (χ0v) is 13.5. The topological polar surface area (TPSA) is 59.8 Å². The molecule has 0 radical (unpaired) electrons. The number of benzene rings is 1. The maximum Gasteiger partial charge on any atom is 0.224 e. The normalized spacial score (nSPS) is 21.9. The highest BCUT2D eigenvalue weighted by Gasteiger charge is 2.44. The van der Waals surface area contributed by atoms with Crippen molar-refractivity contribution in [3.8, 4) is 0 Å². The first-order chi connectivity index (χ1) is 10.1. The molecule has 1 amide bonds. The molecule has 1 fully saturated rings. The Morgan fingerprint density at radius 1 is 1.43 bits per heavy atom. The van der Waals surface area contributed by atoms with Gasteiger partial charge in [-0.15, -0.1) is 10.2 Å². The molecule has 0 bridgehead atoms. The molecule has 21 heavy (non-hydrogen) atoms. The summed E-state index contributed by atoms with van der Waals surface area (Å²) in [4.78, 5) is 12.3. The molecule has 1 aromatic heterocycles. The molecule has 110 valence electrons. The standard InChI is InChI=1S/C15H17BrN4O/c1-9(14-19-17-8-20(14)2)18-15(21)13-7-12(13)10-3-5-11(16)6-4-10/h3-6,8-9,12-13H,7H2,1-2H3,(H,18,21)/t9-,12-,13-/m0/s1. The number of amides is 1. The third-order valence-corrected chi connectivity index (χ3v) is 4.45. The fraction of sp³-hybridized carbons (Fsp3) is 0.400. The van der Waals surface area contributed by atoms with Gasteiger partial charge in [0.05, 0.1) is 6.04 Å². The Bertz CT molecular complexity index is 652. The van der Waals surface area contributed by atoms with Crippen molar-refractivity contribution in [2.45, 2.75) is 25.3 Å². The van der Waals surface area contributed by atoms with E-state index in [0.717, 1.165) is 16.7 Å². The lowest BCUT2D eigenvalue weighted by Gasteiger charge is -2.12. The van der Waals surface area contributed by atoms with Crippen molar-refractivity contribution in [3.63, 3.8) is 0 Å². The summed E-state index contributed by atoms with van der Waals surface area (Å²) in [6.45, 7) is 1.93. The van der Waals surface area contributed by atoms with Crippen molar-refractivity contribution in [1.29, 1.82) is 0 Å². The molecule has 1 aromatic carbocycles. The van der Waals surface area contributed by atoms with Crippen LogP contribution in [0.3, 0.4) is 0 Å². The van der Waals surface area contributed by atoms with Gasteiger partial charge < -0.3 is 9.88 Å². The van der Waals surface area contributed by atoms with Gasteiger partial charge in [0.1, 0.15) is 6.33 Å². The van der Waals surface area contributed by atoms with Gasteiger partial charge in [0.2, 0.25) is 5.91 Å². The molecule has 3 rings (SSSR count). The molecule has 1 aliphatic carbocycles. The molecular weight excluding hydrogens is 332 g/mol.